The van der Waals surface area contributed by atoms with Crippen LogP contribution in [0.2, 0.25) is 0 Å². The maximum atomic E-state index is 12.1. The van der Waals surface area contributed by atoms with Gasteiger partial charge in [-0.05, 0) is 25.1 Å². The zero-order valence-corrected chi connectivity index (χ0v) is 14.3. The van der Waals surface area contributed by atoms with Gasteiger partial charge in [-0.15, -0.1) is 5.10 Å². The number of halogens is 1. The van der Waals surface area contributed by atoms with Gasteiger partial charge in [0.2, 0.25) is 0 Å². The zero-order valence-electron chi connectivity index (χ0n) is 12.7. The lowest BCUT2D eigenvalue weighted by Gasteiger charge is -2.30. The van der Waals surface area contributed by atoms with Crippen LogP contribution in [-0.4, -0.2) is 54.3 Å². The third-order valence-electron chi connectivity index (χ3n) is 3.58. The van der Waals surface area contributed by atoms with Crippen LogP contribution in [-0.2, 0) is 9.47 Å². The van der Waals surface area contributed by atoms with E-state index in [2.05, 4.69) is 36.2 Å². The van der Waals surface area contributed by atoms with Crippen LogP contribution in [0.25, 0.3) is 11.3 Å². The van der Waals surface area contributed by atoms with Crippen LogP contribution in [0.15, 0.2) is 22.7 Å². The van der Waals surface area contributed by atoms with Gasteiger partial charge in [0.05, 0.1) is 19.8 Å². The lowest BCUT2D eigenvalue weighted by molar-refractivity contribution is 0.0520. The Morgan fingerprint density at radius 2 is 2.17 bits per heavy atom. The number of benzene rings is 1. The van der Waals surface area contributed by atoms with Crippen molar-refractivity contribution in [3.05, 3.63) is 28.4 Å². The van der Waals surface area contributed by atoms with Crippen LogP contribution in [0.4, 0.5) is 5.69 Å². The van der Waals surface area contributed by atoms with E-state index in [1.54, 1.807) is 6.92 Å². The molecule has 0 radical (unpaired) electrons. The van der Waals surface area contributed by atoms with Crippen molar-refractivity contribution in [2.45, 2.75) is 6.92 Å². The SMILES string of the molecule is CCOC(=O)c1n[nH]nc1-c1ccc(Br)cc1N1CCOCC1. The standard InChI is InChI=1S/C15H17BrN4O3/c1-2-23-15(21)14-13(17-19-18-14)11-4-3-10(16)9-12(11)20-5-7-22-8-6-20/h3-4,9H,2,5-8H2,1H3,(H,17,18,19). The van der Waals surface area contributed by atoms with Gasteiger partial charge in [0.25, 0.3) is 0 Å². The summed E-state index contributed by atoms with van der Waals surface area (Å²) in [4.78, 5) is 14.3. The van der Waals surface area contributed by atoms with E-state index in [1.807, 2.05) is 18.2 Å². The lowest BCUT2D eigenvalue weighted by atomic mass is 10.1. The van der Waals surface area contributed by atoms with E-state index < -0.39 is 5.97 Å². The molecule has 0 bridgehead atoms. The third kappa shape index (κ3) is 3.37. The summed E-state index contributed by atoms with van der Waals surface area (Å²) in [7, 11) is 0. The average molecular weight is 381 g/mol. The number of rotatable bonds is 4. The van der Waals surface area contributed by atoms with Gasteiger partial charge in [-0.1, -0.05) is 15.9 Å². The third-order valence-corrected chi connectivity index (χ3v) is 4.08. The molecule has 0 amide bonds. The first-order valence-corrected chi connectivity index (χ1v) is 8.20. The van der Waals surface area contributed by atoms with E-state index in [4.69, 9.17) is 9.47 Å². The highest BCUT2D eigenvalue weighted by Gasteiger charge is 2.24. The van der Waals surface area contributed by atoms with Crippen molar-refractivity contribution in [3.63, 3.8) is 0 Å². The molecule has 2 aromatic rings. The molecule has 0 spiro atoms. The van der Waals surface area contributed by atoms with Crippen molar-refractivity contribution >= 4 is 27.6 Å². The molecule has 1 N–H and O–H groups in total. The van der Waals surface area contributed by atoms with E-state index in [-0.39, 0.29) is 5.69 Å². The molecular weight excluding hydrogens is 364 g/mol. The van der Waals surface area contributed by atoms with Crippen LogP contribution in [0, 0.1) is 0 Å². The molecule has 1 aromatic heterocycles. The molecule has 0 saturated carbocycles. The lowest BCUT2D eigenvalue weighted by Crippen LogP contribution is -2.36. The molecule has 122 valence electrons. The number of H-pyrrole nitrogens is 1. The smallest absolute Gasteiger partial charge is 0.361 e. The number of carbonyl (C=O) groups excluding carboxylic acids is 1. The maximum absolute atomic E-state index is 12.1. The Hall–Kier alpha value is -1.93. The summed E-state index contributed by atoms with van der Waals surface area (Å²) in [6.45, 7) is 4.98. The van der Waals surface area contributed by atoms with Crippen LogP contribution < -0.4 is 4.90 Å². The largest absolute Gasteiger partial charge is 0.461 e. The van der Waals surface area contributed by atoms with Crippen LogP contribution in [0.5, 0.6) is 0 Å². The Morgan fingerprint density at radius 3 is 2.91 bits per heavy atom. The Morgan fingerprint density at radius 1 is 1.39 bits per heavy atom. The molecule has 1 aliphatic heterocycles. The topological polar surface area (TPSA) is 80.3 Å². The van der Waals surface area contributed by atoms with Crippen LogP contribution in [0.1, 0.15) is 17.4 Å². The van der Waals surface area contributed by atoms with E-state index in [1.165, 1.54) is 0 Å². The number of hydrogen-bond donors (Lipinski definition) is 1. The molecule has 8 heteroatoms. The van der Waals surface area contributed by atoms with Crippen molar-refractivity contribution in [1.29, 1.82) is 0 Å². The van der Waals surface area contributed by atoms with Gasteiger partial charge >= 0.3 is 5.97 Å². The first kappa shape index (κ1) is 15.9. The number of morpholine rings is 1. The minimum absolute atomic E-state index is 0.198. The number of hydrogen-bond acceptors (Lipinski definition) is 6. The van der Waals surface area contributed by atoms with Crippen molar-refractivity contribution in [1.82, 2.24) is 15.4 Å². The second kappa shape index (κ2) is 7.10. The van der Waals surface area contributed by atoms with E-state index in [0.29, 0.717) is 25.5 Å². The summed E-state index contributed by atoms with van der Waals surface area (Å²) in [5.74, 6) is -0.480. The first-order valence-electron chi connectivity index (χ1n) is 7.41. The van der Waals surface area contributed by atoms with Gasteiger partial charge in [0, 0.05) is 28.8 Å². The maximum Gasteiger partial charge on any atom is 0.361 e. The number of aromatic amines is 1. The average Bonchev–Trinajstić information content (AvgIpc) is 3.05. The van der Waals surface area contributed by atoms with Crippen molar-refractivity contribution in [2.75, 3.05) is 37.8 Å². The summed E-state index contributed by atoms with van der Waals surface area (Å²) in [6, 6.07) is 5.86. The Labute approximate surface area is 142 Å². The van der Waals surface area contributed by atoms with Gasteiger partial charge in [-0.25, -0.2) is 4.79 Å². The highest BCUT2D eigenvalue weighted by molar-refractivity contribution is 9.10. The number of esters is 1. The molecule has 0 aliphatic carbocycles. The second-order valence-corrected chi connectivity index (χ2v) is 5.92. The number of anilines is 1. The second-order valence-electron chi connectivity index (χ2n) is 5.00. The first-order chi connectivity index (χ1) is 11.2. The highest BCUT2D eigenvalue weighted by atomic mass is 79.9. The van der Waals surface area contributed by atoms with E-state index in [9.17, 15) is 4.79 Å². The van der Waals surface area contributed by atoms with Crippen molar-refractivity contribution in [3.8, 4) is 11.3 Å². The molecule has 2 heterocycles. The monoisotopic (exact) mass is 380 g/mol. The van der Waals surface area contributed by atoms with Gasteiger partial charge in [-0.2, -0.15) is 10.3 Å². The molecule has 1 saturated heterocycles. The van der Waals surface area contributed by atoms with E-state index in [0.717, 1.165) is 28.8 Å². The fourth-order valence-electron chi connectivity index (χ4n) is 2.53. The number of aromatic nitrogens is 3. The summed E-state index contributed by atoms with van der Waals surface area (Å²) in [6.07, 6.45) is 0. The molecule has 7 nitrogen and oxygen atoms in total. The zero-order chi connectivity index (χ0) is 16.2. The van der Waals surface area contributed by atoms with Gasteiger partial charge < -0.3 is 14.4 Å². The van der Waals surface area contributed by atoms with Crippen LogP contribution >= 0.6 is 15.9 Å². The predicted molar refractivity (Wildman–Crippen MR) is 88.5 cm³/mol. The minimum atomic E-state index is -0.480. The Balaban J connectivity index is 2.03. The molecule has 3 rings (SSSR count). The van der Waals surface area contributed by atoms with Crippen molar-refractivity contribution in [2.24, 2.45) is 0 Å². The summed E-state index contributed by atoms with van der Waals surface area (Å²) in [5.41, 5.74) is 2.52. The fraction of sp³-hybridized carbons (Fsp3) is 0.400. The molecule has 0 unspecified atom stereocenters. The number of nitrogens with zero attached hydrogens (tertiary/aromatic N) is 3. The van der Waals surface area contributed by atoms with Crippen LogP contribution in [0.3, 0.4) is 0 Å². The normalized spacial score (nSPS) is 14.8. The molecular formula is C15H17BrN4O3. The summed E-state index contributed by atoms with van der Waals surface area (Å²) < 4.78 is 11.4. The van der Waals surface area contributed by atoms with E-state index >= 15 is 0 Å². The molecule has 1 aromatic carbocycles. The quantitative estimate of drug-likeness (QED) is 0.819. The Kier molecular flexibility index (Phi) is 4.92. The van der Waals surface area contributed by atoms with Gasteiger partial charge in [0.15, 0.2) is 5.69 Å². The van der Waals surface area contributed by atoms with Gasteiger partial charge in [-0.3, -0.25) is 0 Å². The number of ether oxygens (including phenoxy) is 2. The molecule has 1 aliphatic rings. The summed E-state index contributed by atoms with van der Waals surface area (Å²) in [5, 5.41) is 10.6. The fourth-order valence-corrected chi connectivity index (χ4v) is 2.88. The van der Waals surface area contributed by atoms with Gasteiger partial charge in [0.1, 0.15) is 5.69 Å². The molecule has 0 atom stereocenters. The highest BCUT2D eigenvalue weighted by Crippen LogP contribution is 2.34. The number of carbonyl (C=O) groups is 1. The molecule has 23 heavy (non-hydrogen) atoms. The summed E-state index contributed by atoms with van der Waals surface area (Å²) >= 11 is 3.51. The minimum Gasteiger partial charge on any atom is -0.461 e. The number of nitrogens with one attached hydrogen (secondary N) is 1. The Bertz CT molecular complexity index is 698. The predicted octanol–water partition coefficient (Wildman–Crippen LogP) is 2.25. The molecule has 1 fully saturated rings. The van der Waals surface area contributed by atoms with Crippen molar-refractivity contribution < 1.29 is 14.3 Å².